The molecule has 0 radical (unpaired) electrons. The van der Waals surface area contributed by atoms with Crippen LogP contribution in [0.5, 0.6) is 0 Å². The number of esters is 1. The van der Waals surface area contributed by atoms with Crippen molar-refractivity contribution in [3.8, 4) is 0 Å². The number of carbonyl (C=O) groups is 2. The summed E-state index contributed by atoms with van der Waals surface area (Å²) in [5.74, 6) is -0.655. The number of carboxylic acid groups (broad SMARTS) is 1. The van der Waals surface area contributed by atoms with Gasteiger partial charge in [0.05, 0.1) is 0 Å². The summed E-state index contributed by atoms with van der Waals surface area (Å²) in [6.07, 6.45) is -1.19. The van der Waals surface area contributed by atoms with Crippen LogP contribution in [-0.2, 0) is 9.53 Å². The maximum absolute atomic E-state index is 10.8. The van der Waals surface area contributed by atoms with Crippen LogP contribution in [0.3, 0.4) is 0 Å². The fourth-order valence-electron chi connectivity index (χ4n) is 0.766. The van der Waals surface area contributed by atoms with Crippen molar-refractivity contribution >= 4 is 12.1 Å². The van der Waals surface area contributed by atoms with Crippen molar-refractivity contribution in [2.24, 2.45) is 11.7 Å². The van der Waals surface area contributed by atoms with E-state index in [1.165, 1.54) is 0 Å². The molecule has 0 aromatic rings. The molecule has 0 spiro atoms. The SMILES string of the molecule is CC(C)C[C@H](N)C(=O)OC(=O)O. The number of hydrogen-bond donors (Lipinski definition) is 2. The van der Waals surface area contributed by atoms with Crippen LogP contribution in [0.25, 0.3) is 0 Å². The Bertz CT molecular complexity index is 178. The molecule has 0 saturated heterocycles. The predicted octanol–water partition coefficient (Wildman–Crippen LogP) is 0.581. The van der Waals surface area contributed by atoms with E-state index in [0.29, 0.717) is 6.42 Å². The van der Waals surface area contributed by atoms with E-state index < -0.39 is 18.2 Å². The summed E-state index contributed by atoms with van der Waals surface area (Å²) in [5.41, 5.74) is 5.33. The summed E-state index contributed by atoms with van der Waals surface area (Å²) < 4.78 is 3.87. The van der Waals surface area contributed by atoms with Gasteiger partial charge in [-0.2, -0.15) is 0 Å². The first kappa shape index (κ1) is 10.9. The molecule has 0 aromatic heterocycles. The van der Waals surface area contributed by atoms with E-state index in [1.54, 1.807) is 0 Å². The maximum atomic E-state index is 10.8. The molecular weight excluding hydrogens is 162 g/mol. The lowest BCUT2D eigenvalue weighted by molar-refractivity contribution is -0.140. The number of hydrogen-bond acceptors (Lipinski definition) is 4. The van der Waals surface area contributed by atoms with Crippen molar-refractivity contribution < 1.29 is 19.4 Å². The van der Waals surface area contributed by atoms with Crippen LogP contribution in [0.1, 0.15) is 20.3 Å². The van der Waals surface area contributed by atoms with Crippen LogP contribution in [0.2, 0.25) is 0 Å². The van der Waals surface area contributed by atoms with Crippen LogP contribution < -0.4 is 5.73 Å². The molecule has 12 heavy (non-hydrogen) atoms. The standard InChI is InChI=1S/C7H13NO4/c1-4(2)3-5(8)6(9)12-7(10)11/h4-5H,3,8H2,1-2H3,(H,10,11)/t5-/m0/s1. The Morgan fingerprint density at radius 1 is 1.50 bits per heavy atom. The molecule has 0 aliphatic rings. The minimum atomic E-state index is -1.61. The van der Waals surface area contributed by atoms with E-state index in [4.69, 9.17) is 10.8 Å². The van der Waals surface area contributed by atoms with Crippen LogP contribution in [-0.4, -0.2) is 23.3 Å². The molecule has 0 unspecified atom stereocenters. The summed E-state index contributed by atoms with van der Waals surface area (Å²) in [4.78, 5) is 20.7. The summed E-state index contributed by atoms with van der Waals surface area (Å²) in [5, 5.41) is 8.07. The molecule has 0 amide bonds. The Morgan fingerprint density at radius 3 is 2.33 bits per heavy atom. The van der Waals surface area contributed by atoms with E-state index >= 15 is 0 Å². The maximum Gasteiger partial charge on any atom is 0.513 e. The third-order valence-corrected chi connectivity index (χ3v) is 1.22. The van der Waals surface area contributed by atoms with E-state index in [2.05, 4.69) is 4.74 Å². The van der Waals surface area contributed by atoms with Crippen LogP contribution >= 0.6 is 0 Å². The zero-order valence-electron chi connectivity index (χ0n) is 7.11. The number of rotatable bonds is 3. The molecule has 3 N–H and O–H groups in total. The Hall–Kier alpha value is -1.10. The van der Waals surface area contributed by atoms with Gasteiger partial charge in [-0.3, -0.25) is 0 Å². The quantitative estimate of drug-likeness (QED) is 0.483. The zero-order chi connectivity index (χ0) is 9.72. The highest BCUT2D eigenvalue weighted by atomic mass is 16.7. The molecular formula is C7H13NO4. The topological polar surface area (TPSA) is 89.6 Å². The van der Waals surface area contributed by atoms with Gasteiger partial charge in [0.1, 0.15) is 6.04 Å². The van der Waals surface area contributed by atoms with Gasteiger partial charge in [0.15, 0.2) is 0 Å². The van der Waals surface area contributed by atoms with E-state index in [1.807, 2.05) is 13.8 Å². The second kappa shape index (κ2) is 4.71. The summed E-state index contributed by atoms with van der Waals surface area (Å²) >= 11 is 0. The zero-order valence-corrected chi connectivity index (χ0v) is 7.11. The number of carbonyl (C=O) groups excluding carboxylic acids is 1. The van der Waals surface area contributed by atoms with Gasteiger partial charge in [0.2, 0.25) is 0 Å². The Morgan fingerprint density at radius 2 is 2.00 bits per heavy atom. The Balaban J connectivity index is 3.85. The van der Waals surface area contributed by atoms with Gasteiger partial charge in [-0.25, -0.2) is 9.59 Å². The van der Waals surface area contributed by atoms with E-state index in [9.17, 15) is 9.59 Å². The lowest BCUT2D eigenvalue weighted by atomic mass is 10.1. The van der Waals surface area contributed by atoms with E-state index in [-0.39, 0.29) is 5.92 Å². The average Bonchev–Trinajstić information content (AvgIpc) is 1.84. The van der Waals surface area contributed by atoms with Gasteiger partial charge in [-0.1, -0.05) is 13.8 Å². The van der Waals surface area contributed by atoms with Crippen LogP contribution in [0.15, 0.2) is 0 Å². The third kappa shape index (κ3) is 4.68. The molecule has 0 bridgehead atoms. The summed E-state index contributed by atoms with van der Waals surface area (Å²) in [6.45, 7) is 3.77. The second-order valence-corrected chi connectivity index (χ2v) is 2.92. The fraction of sp³-hybridized carbons (Fsp3) is 0.714. The van der Waals surface area contributed by atoms with Crippen molar-refractivity contribution in [1.29, 1.82) is 0 Å². The van der Waals surface area contributed by atoms with Gasteiger partial charge in [0.25, 0.3) is 0 Å². The van der Waals surface area contributed by atoms with Gasteiger partial charge >= 0.3 is 12.1 Å². The summed E-state index contributed by atoms with van der Waals surface area (Å²) in [7, 11) is 0. The molecule has 0 fully saturated rings. The van der Waals surface area contributed by atoms with Crippen LogP contribution in [0.4, 0.5) is 4.79 Å². The molecule has 0 heterocycles. The van der Waals surface area contributed by atoms with Gasteiger partial charge in [-0.15, -0.1) is 0 Å². The normalized spacial score (nSPS) is 12.7. The molecule has 0 aliphatic carbocycles. The van der Waals surface area contributed by atoms with Crippen molar-refractivity contribution in [1.82, 2.24) is 0 Å². The molecule has 0 aromatic carbocycles. The average molecular weight is 175 g/mol. The van der Waals surface area contributed by atoms with Crippen molar-refractivity contribution in [2.45, 2.75) is 26.3 Å². The van der Waals surface area contributed by atoms with Crippen molar-refractivity contribution in [3.63, 3.8) is 0 Å². The number of nitrogens with two attached hydrogens (primary N) is 1. The molecule has 1 atom stereocenters. The second-order valence-electron chi connectivity index (χ2n) is 2.92. The predicted molar refractivity (Wildman–Crippen MR) is 41.5 cm³/mol. The highest BCUT2D eigenvalue weighted by molar-refractivity contribution is 5.84. The Kier molecular flexibility index (Phi) is 4.28. The largest absolute Gasteiger partial charge is 0.513 e. The minimum absolute atomic E-state index is 0.237. The van der Waals surface area contributed by atoms with Crippen molar-refractivity contribution in [2.75, 3.05) is 0 Å². The highest BCUT2D eigenvalue weighted by Crippen LogP contribution is 2.03. The molecule has 70 valence electrons. The van der Waals surface area contributed by atoms with Gasteiger partial charge < -0.3 is 15.6 Å². The van der Waals surface area contributed by atoms with Gasteiger partial charge in [0, 0.05) is 0 Å². The number of ether oxygens (including phenoxy) is 1. The first-order valence-electron chi connectivity index (χ1n) is 3.63. The molecule has 5 heteroatoms. The lowest BCUT2D eigenvalue weighted by Gasteiger charge is -2.10. The third-order valence-electron chi connectivity index (χ3n) is 1.22. The molecule has 5 nitrogen and oxygen atoms in total. The Labute approximate surface area is 70.5 Å². The first-order valence-corrected chi connectivity index (χ1v) is 3.63. The monoisotopic (exact) mass is 175 g/mol. The molecule has 0 aliphatic heterocycles. The molecule has 0 saturated carbocycles. The van der Waals surface area contributed by atoms with E-state index in [0.717, 1.165) is 0 Å². The smallest absolute Gasteiger partial charge is 0.449 e. The highest BCUT2D eigenvalue weighted by Gasteiger charge is 2.18. The van der Waals surface area contributed by atoms with Crippen LogP contribution in [0, 0.1) is 5.92 Å². The molecule has 0 rings (SSSR count). The van der Waals surface area contributed by atoms with Crippen molar-refractivity contribution in [3.05, 3.63) is 0 Å². The first-order chi connectivity index (χ1) is 5.43. The van der Waals surface area contributed by atoms with Gasteiger partial charge in [-0.05, 0) is 12.3 Å². The minimum Gasteiger partial charge on any atom is -0.449 e. The summed E-state index contributed by atoms with van der Waals surface area (Å²) in [6, 6.07) is -0.846. The lowest BCUT2D eigenvalue weighted by Crippen LogP contribution is -2.34. The fourth-order valence-corrected chi connectivity index (χ4v) is 0.766.